The number of hydrogen-bond donors (Lipinski definition) is 2. The maximum atomic E-state index is 12.3. The Labute approximate surface area is 138 Å². The van der Waals surface area contributed by atoms with Gasteiger partial charge in [-0.25, -0.2) is 0 Å². The third-order valence-corrected chi connectivity index (χ3v) is 4.00. The number of alkyl halides is 3. The minimum atomic E-state index is -4.17. The Kier molecular flexibility index (Phi) is 6.12. The van der Waals surface area contributed by atoms with Gasteiger partial charge in [0.2, 0.25) is 5.91 Å². The fourth-order valence-electron chi connectivity index (χ4n) is 2.58. The smallest absolute Gasteiger partial charge is 0.375 e. The Morgan fingerprint density at radius 2 is 2.09 bits per heavy atom. The number of halogens is 4. The molecular formula is C15H19ClF3N3O. The number of nitrogens with zero attached hydrogens (tertiary/aromatic N) is 1. The quantitative estimate of drug-likeness (QED) is 0.830. The third-order valence-electron chi connectivity index (χ3n) is 3.67. The molecule has 4 nitrogen and oxygen atoms in total. The average Bonchev–Trinajstić information content (AvgIpc) is 2.89. The molecular weight excluding hydrogens is 331 g/mol. The van der Waals surface area contributed by atoms with Crippen LogP contribution in [0.1, 0.15) is 6.42 Å². The second kappa shape index (κ2) is 7.88. The topological polar surface area (TPSA) is 44.4 Å². The monoisotopic (exact) mass is 349 g/mol. The molecule has 1 amide bonds. The summed E-state index contributed by atoms with van der Waals surface area (Å²) in [5.74, 6) is -0.152. The lowest BCUT2D eigenvalue weighted by Gasteiger charge is -2.18. The highest BCUT2D eigenvalue weighted by Crippen LogP contribution is 2.22. The lowest BCUT2D eigenvalue weighted by atomic mass is 10.1. The Morgan fingerprint density at radius 1 is 1.35 bits per heavy atom. The molecule has 1 atom stereocenters. The number of anilines is 1. The van der Waals surface area contributed by atoms with Gasteiger partial charge in [-0.3, -0.25) is 9.69 Å². The van der Waals surface area contributed by atoms with Crippen molar-refractivity contribution in [2.45, 2.75) is 12.6 Å². The van der Waals surface area contributed by atoms with E-state index in [0.29, 0.717) is 36.8 Å². The zero-order chi connectivity index (χ0) is 16.9. The zero-order valence-electron chi connectivity index (χ0n) is 12.5. The third kappa shape index (κ3) is 6.27. The fraction of sp³-hybridized carbons (Fsp3) is 0.533. The van der Waals surface area contributed by atoms with Crippen molar-refractivity contribution >= 4 is 23.2 Å². The molecule has 1 heterocycles. The first-order chi connectivity index (χ1) is 10.8. The van der Waals surface area contributed by atoms with Crippen LogP contribution in [0, 0.1) is 5.92 Å². The number of para-hydroxylation sites is 1. The molecule has 0 spiro atoms. The minimum absolute atomic E-state index is 0.0570. The van der Waals surface area contributed by atoms with E-state index in [9.17, 15) is 18.0 Å². The van der Waals surface area contributed by atoms with Crippen LogP contribution in [0.3, 0.4) is 0 Å². The molecule has 2 rings (SSSR count). The van der Waals surface area contributed by atoms with Gasteiger partial charge in [-0.1, -0.05) is 23.7 Å². The van der Waals surface area contributed by atoms with Gasteiger partial charge in [0.15, 0.2) is 0 Å². The number of benzene rings is 1. The van der Waals surface area contributed by atoms with Crippen molar-refractivity contribution in [2.75, 3.05) is 38.0 Å². The first kappa shape index (κ1) is 17.9. The summed E-state index contributed by atoms with van der Waals surface area (Å²) in [6.45, 7) is 0.348. The van der Waals surface area contributed by atoms with Crippen LogP contribution in [0.4, 0.5) is 18.9 Å². The molecule has 8 heteroatoms. The van der Waals surface area contributed by atoms with Crippen LogP contribution >= 0.6 is 11.6 Å². The van der Waals surface area contributed by atoms with Crippen LogP contribution in [-0.4, -0.2) is 49.7 Å². The first-order valence-corrected chi connectivity index (χ1v) is 7.75. The molecule has 2 N–H and O–H groups in total. The molecule has 0 aromatic heterocycles. The van der Waals surface area contributed by atoms with E-state index in [0.717, 1.165) is 0 Å². The summed E-state index contributed by atoms with van der Waals surface area (Å²) >= 11 is 5.97. The number of hydrogen-bond acceptors (Lipinski definition) is 3. The maximum absolute atomic E-state index is 12.3. The van der Waals surface area contributed by atoms with Gasteiger partial charge in [-0.05, 0) is 31.0 Å². The molecule has 1 aliphatic rings. The van der Waals surface area contributed by atoms with Gasteiger partial charge in [0, 0.05) is 13.1 Å². The van der Waals surface area contributed by atoms with Crippen LogP contribution in [0.25, 0.3) is 0 Å². The predicted molar refractivity (Wildman–Crippen MR) is 83.6 cm³/mol. The Bertz CT molecular complexity index is 539. The number of nitrogens with one attached hydrogen (secondary N) is 2. The van der Waals surface area contributed by atoms with Crippen molar-refractivity contribution in [1.82, 2.24) is 10.2 Å². The summed E-state index contributed by atoms with van der Waals surface area (Å²) in [5, 5.41) is 6.20. The fourth-order valence-corrected chi connectivity index (χ4v) is 2.78. The van der Waals surface area contributed by atoms with E-state index in [4.69, 9.17) is 11.6 Å². The zero-order valence-corrected chi connectivity index (χ0v) is 13.3. The first-order valence-electron chi connectivity index (χ1n) is 7.38. The molecule has 1 aromatic rings. The van der Waals surface area contributed by atoms with Crippen LogP contribution in [0.2, 0.25) is 5.02 Å². The number of amides is 1. The Balaban J connectivity index is 1.66. The highest BCUT2D eigenvalue weighted by atomic mass is 35.5. The summed E-state index contributed by atoms with van der Waals surface area (Å²) in [6, 6.07) is 7.08. The van der Waals surface area contributed by atoms with Crippen LogP contribution in [-0.2, 0) is 4.79 Å². The minimum Gasteiger partial charge on any atom is -0.375 e. The standard InChI is InChI=1S/C15H19ClF3N3O/c16-12-3-1-2-4-13(12)20-8-14(23)21-7-11-5-6-22(9-11)10-15(17,18)19/h1-4,11,20H,5-10H2,(H,21,23)/t11-/m0/s1. The van der Waals surface area contributed by atoms with Gasteiger partial charge >= 0.3 is 6.18 Å². The summed E-state index contributed by atoms with van der Waals surface area (Å²) in [7, 11) is 0. The van der Waals surface area contributed by atoms with E-state index in [1.165, 1.54) is 4.90 Å². The van der Waals surface area contributed by atoms with E-state index in [1.807, 2.05) is 0 Å². The second-order valence-electron chi connectivity index (χ2n) is 5.64. The van der Waals surface area contributed by atoms with Gasteiger partial charge in [0.1, 0.15) is 0 Å². The summed E-state index contributed by atoms with van der Waals surface area (Å²) in [5.41, 5.74) is 0.668. The van der Waals surface area contributed by atoms with Gasteiger partial charge < -0.3 is 10.6 Å². The molecule has 0 radical (unpaired) electrons. The van der Waals surface area contributed by atoms with Crippen molar-refractivity contribution in [2.24, 2.45) is 5.92 Å². The predicted octanol–water partition coefficient (Wildman–Crippen LogP) is 2.75. The lowest BCUT2D eigenvalue weighted by molar-refractivity contribution is -0.143. The van der Waals surface area contributed by atoms with E-state index in [2.05, 4.69) is 10.6 Å². The summed E-state index contributed by atoms with van der Waals surface area (Å²) < 4.78 is 36.9. The summed E-state index contributed by atoms with van der Waals surface area (Å²) in [6.07, 6.45) is -3.51. The van der Waals surface area contributed by atoms with Gasteiger partial charge in [-0.15, -0.1) is 0 Å². The molecule has 1 aliphatic heterocycles. The van der Waals surface area contributed by atoms with Gasteiger partial charge in [-0.2, -0.15) is 13.2 Å². The maximum Gasteiger partial charge on any atom is 0.401 e. The summed E-state index contributed by atoms with van der Waals surface area (Å²) in [4.78, 5) is 13.2. The lowest BCUT2D eigenvalue weighted by Crippen LogP contribution is -2.36. The molecule has 0 aliphatic carbocycles. The van der Waals surface area contributed by atoms with Crippen molar-refractivity contribution in [3.05, 3.63) is 29.3 Å². The van der Waals surface area contributed by atoms with Gasteiger partial charge in [0.05, 0.1) is 23.8 Å². The number of carbonyl (C=O) groups excluding carboxylic acids is 1. The number of likely N-dealkylation sites (tertiary alicyclic amines) is 1. The van der Waals surface area contributed by atoms with Crippen molar-refractivity contribution in [3.8, 4) is 0 Å². The Morgan fingerprint density at radius 3 is 2.78 bits per heavy atom. The van der Waals surface area contributed by atoms with E-state index in [1.54, 1.807) is 24.3 Å². The molecule has 0 bridgehead atoms. The van der Waals surface area contributed by atoms with Gasteiger partial charge in [0.25, 0.3) is 0 Å². The van der Waals surface area contributed by atoms with Crippen molar-refractivity contribution in [3.63, 3.8) is 0 Å². The molecule has 1 aromatic carbocycles. The van der Waals surface area contributed by atoms with Crippen LogP contribution in [0.5, 0.6) is 0 Å². The second-order valence-corrected chi connectivity index (χ2v) is 6.05. The van der Waals surface area contributed by atoms with Crippen molar-refractivity contribution in [1.29, 1.82) is 0 Å². The van der Waals surface area contributed by atoms with E-state index < -0.39 is 12.7 Å². The molecule has 0 unspecified atom stereocenters. The highest BCUT2D eigenvalue weighted by molar-refractivity contribution is 6.33. The molecule has 1 saturated heterocycles. The van der Waals surface area contributed by atoms with E-state index in [-0.39, 0.29) is 18.4 Å². The highest BCUT2D eigenvalue weighted by Gasteiger charge is 2.34. The SMILES string of the molecule is O=C(CNc1ccccc1Cl)NC[C@@H]1CCN(CC(F)(F)F)C1. The average molecular weight is 350 g/mol. The molecule has 0 saturated carbocycles. The molecule has 1 fully saturated rings. The van der Waals surface area contributed by atoms with E-state index >= 15 is 0 Å². The molecule has 128 valence electrons. The largest absolute Gasteiger partial charge is 0.401 e. The van der Waals surface area contributed by atoms with Crippen LogP contribution in [0.15, 0.2) is 24.3 Å². The normalized spacial score (nSPS) is 18.9. The Hall–Kier alpha value is -1.47. The number of rotatable bonds is 6. The number of carbonyl (C=O) groups is 1. The van der Waals surface area contributed by atoms with Crippen LogP contribution < -0.4 is 10.6 Å². The molecule has 23 heavy (non-hydrogen) atoms. The van der Waals surface area contributed by atoms with Crippen molar-refractivity contribution < 1.29 is 18.0 Å².